The smallest absolute Gasteiger partial charge is 0.548 e. The Morgan fingerprint density at radius 2 is 0.618 bits per heavy atom. The van der Waals surface area contributed by atoms with E-state index in [4.69, 9.17) is 19.8 Å². The van der Waals surface area contributed by atoms with Crippen LogP contribution in [0, 0.1) is 0 Å². The zero-order chi connectivity index (χ0) is 40.1. The van der Waals surface area contributed by atoms with Crippen molar-refractivity contribution in [3.8, 4) is 22.8 Å². The van der Waals surface area contributed by atoms with Gasteiger partial charge in [-0.1, -0.05) is 59.0 Å². The first-order chi connectivity index (χ1) is 27.1. The van der Waals surface area contributed by atoms with Gasteiger partial charge in [0.05, 0.1) is 70.8 Å². The second-order valence-corrected chi connectivity index (χ2v) is 10.7. The zero-order valence-corrected chi connectivity index (χ0v) is 41.7. The maximum absolute atomic E-state index is 10.3. The molecule has 6 aromatic heterocycles. The normalized spacial score (nSPS) is 8.06. The Bertz CT molecular complexity index is 2240. The predicted molar refractivity (Wildman–Crippen MR) is 231 cm³/mol. The van der Waals surface area contributed by atoms with Gasteiger partial charge in [0, 0.05) is 24.8 Å². The van der Waals surface area contributed by atoms with Crippen molar-refractivity contribution in [1.29, 1.82) is 0 Å². The van der Waals surface area contributed by atoms with E-state index in [9.17, 15) is 19.8 Å². The third kappa shape index (κ3) is 27.1. The Morgan fingerprint density at radius 1 is 0.382 bits per heavy atom. The molecule has 0 radical (unpaired) electrons. The Labute approximate surface area is 409 Å². The zero-order valence-electron chi connectivity index (χ0n) is 35.7. The molecule has 0 unspecified atom stereocenters. The Kier molecular flexibility index (Phi) is 51.7. The van der Waals surface area contributed by atoms with Crippen molar-refractivity contribution in [3.63, 3.8) is 0 Å². The third-order valence-electron chi connectivity index (χ3n) is 6.75. The van der Waals surface area contributed by atoms with E-state index < -0.39 is 23.9 Å². The molecule has 0 atom stereocenters. The number of benzene rings is 2. The monoisotopic (exact) mass is 1060 g/mol. The van der Waals surface area contributed by atoms with Crippen LogP contribution >= 0.6 is 0 Å². The van der Waals surface area contributed by atoms with Crippen molar-refractivity contribution in [1.82, 2.24) is 49.9 Å². The summed E-state index contributed by atoms with van der Waals surface area (Å²) in [5.74, 6) is -6.71. The van der Waals surface area contributed by atoms with Gasteiger partial charge in [-0.2, -0.15) is 0 Å². The molecular formula is C38H52N10O18Zn2+4. The van der Waals surface area contributed by atoms with Gasteiger partial charge in [0.15, 0.2) is 0 Å². The Morgan fingerprint density at radius 3 is 0.824 bits per heavy atom. The standard InChI is InChI=1S/2C10H8N2.2C8H7N3O2.C2H2O4.10H2O.2Zn/c2*1-3-7-11-9(5-1)10-6-2-4-8-12-10;2*12-8(13)5-11-7-4-2-1-3-6(7)9-10-11;3-1(4)2(5)6;;;;;;;;;;;;/h2*1-8H;2*1-4H,5H2,(H,12,13);(H,3,4)(H,5,6);10*1H2;;/q;;;;;;;;;;;;;;;2*+2. The number of nitrogens with zero attached hydrogens (tertiary/aromatic N) is 10. The number of aliphatic carboxylic acids is 4. The fraction of sp³-hybridized carbons (Fsp3) is 0.0526. The number of carboxylic acids is 4. The SMILES string of the molecule is O.O.O.O.O.O.O=C([O-])C(=O)[O-].O=C([O-])Cn1nnc2ccccc21.O=C([O-])Cn1nnc2ccccc21.[OH3+].[OH3+].[OH3+].[OH3+].[Zn+2].[Zn+2].c1ccc(-c2ccccn2)nc1.c1ccc(-c2ccccn2)nc1. The fourth-order valence-electron chi connectivity index (χ4n) is 4.37. The summed E-state index contributed by atoms with van der Waals surface area (Å²) >= 11 is 0. The summed E-state index contributed by atoms with van der Waals surface area (Å²) in [5.41, 5.74) is 6.43. The minimum absolute atomic E-state index is 0. The summed E-state index contributed by atoms with van der Waals surface area (Å²) in [7, 11) is 0. The largest absolute Gasteiger partial charge is 2.00 e. The van der Waals surface area contributed by atoms with Crippen LogP contribution in [0.15, 0.2) is 146 Å². The summed E-state index contributed by atoms with van der Waals surface area (Å²) in [4.78, 5) is 55.2. The van der Waals surface area contributed by atoms with Crippen LogP contribution < -0.4 is 20.4 Å². The molecule has 68 heavy (non-hydrogen) atoms. The van der Waals surface area contributed by atoms with Gasteiger partial charge in [-0.25, -0.2) is 9.36 Å². The molecule has 2 aromatic carbocycles. The first-order valence-corrected chi connectivity index (χ1v) is 16.2. The van der Waals surface area contributed by atoms with Crippen LogP contribution in [0.3, 0.4) is 0 Å². The van der Waals surface area contributed by atoms with Crippen LogP contribution in [-0.4, -0.2) is 107 Å². The molecule has 0 spiro atoms. The van der Waals surface area contributed by atoms with E-state index in [0.717, 1.165) is 22.8 Å². The molecule has 0 fully saturated rings. The molecule has 6 heterocycles. The molecule has 0 amide bonds. The van der Waals surface area contributed by atoms with Gasteiger partial charge in [0.1, 0.15) is 11.0 Å². The summed E-state index contributed by atoms with van der Waals surface area (Å²) < 4.78 is 2.59. The van der Waals surface area contributed by atoms with Gasteiger partial charge in [-0.05, 0) is 72.8 Å². The van der Waals surface area contributed by atoms with Crippen LogP contribution in [0.5, 0.6) is 0 Å². The number of hydrogen-bond acceptors (Lipinski definition) is 16. The molecule has 0 aliphatic carbocycles. The van der Waals surface area contributed by atoms with E-state index in [1.165, 1.54) is 9.36 Å². The Balaban J connectivity index is -0.0000000888. The molecule has 8 aromatic rings. The molecule has 30 heteroatoms. The second-order valence-electron chi connectivity index (χ2n) is 10.7. The number of hydrogen-bond donors (Lipinski definition) is 0. The number of carboxylic acid groups (broad SMARTS) is 4. The van der Waals surface area contributed by atoms with E-state index in [0.29, 0.717) is 22.1 Å². The van der Waals surface area contributed by atoms with Crippen LogP contribution in [0.25, 0.3) is 44.8 Å². The maximum atomic E-state index is 10.3. The molecule has 0 saturated heterocycles. The third-order valence-corrected chi connectivity index (χ3v) is 6.75. The number of pyridine rings is 4. The molecule has 0 aliphatic heterocycles. The van der Waals surface area contributed by atoms with Crippen molar-refractivity contribution in [2.75, 3.05) is 0 Å². The molecule has 0 bridgehead atoms. The minimum Gasteiger partial charge on any atom is -0.548 e. The van der Waals surface area contributed by atoms with Gasteiger partial charge >= 0.3 is 39.0 Å². The van der Waals surface area contributed by atoms with Crippen LogP contribution in [-0.2, 0) is 93.1 Å². The van der Waals surface area contributed by atoms with Gasteiger partial charge in [-0.3, -0.25) is 19.9 Å². The van der Waals surface area contributed by atoms with Gasteiger partial charge in [-0.15, -0.1) is 10.2 Å². The van der Waals surface area contributed by atoms with Crippen LogP contribution in [0.1, 0.15) is 0 Å². The molecule has 0 aliphatic rings. The number of aromatic nitrogens is 10. The molecule has 28 nitrogen and oxygen atoms in total. The maximum Gasteiger partial charge on any atom is 2.00 e. The summed E-state index contributed by atoms with van der Waals surface area (Å²) in [6.07, 6.45) is 7.07. The van der Waals surface area contributed by atoms with E-state index in [-0.39, 0.29) is 107 Å². The summed E-state index contributed by atoms with van der Waals surface area (Å²) in [6.45, 7) is -0.527. The van der Waals surface area contributed by atoms with Gasteiger partial charge < -0.3 is 94.4 Å². The van der Waals surface area contributed by atoms with Crippen molar-refractivity contribution in [2.45, 2.75) is 13.1 Å². The summed E-state index contributed by atoms with van der Waals surface area (Å²) in [6, 6.07) is 37.5. The Hall–Kier alpha value is -7.43. The van der Waals surface area contributed by atoms with E-state index >= 15 is 0 Å². The van der Waals surface area contributed by atoms with E-state index in [1.54, 1.807) is 61.2 Å². The minimum atomic E-state index is -2.19. The average molecular weight is 1070 g/mol. The predicted octanol–water partition coefficient (Wildman–Crippen LogP) is -9.51. The first kappa shape index (κ1) is 80.8. The number of carbonyl (C=O) groups excluding carboxylic acids is 4. The van der Waals surface area contributed by atoms with E-state index in [1.807, 2.05) is 84.9 Å². The molecule has 24 N–H and O–H groups in total. The number of para-hydroxylation sites is 2. The fourth-order valence-corrected chi connectivity index (χ4v) is 4.37. The first-order valence-electron chi connectivity index (χ1n) is 16.2. The second kappa shape index (κ2) is 43.5. The van der Waals surface area contributed by atoms with Gasteiger partial charge in [0.2, 0.25) is 0 Å². The van der Waals surface area contributed by atoms with E-state index in [2.05, 4.69) is 40.6 Å². The van der Waals surface area contributed by atoms with Crippen LogP contribution in [0.2, 0.25) is 0 Å². The number of fused-ring (bicyclic) bond motifs is 2. The van der Waals surface area contributed by atoms with Crippen molar-refractivity contribution in [2.24, 2.45) is 0 Å². The molecule has 362 valence electrons. The number of carbonyl (C=O) groups is 4. The molecular weight excluding hydrogens is 1020 g/mol. The summed E-state index contributed by atoms with van der Waals surface area (Å²) in [5, 5.41) is 53.4. The topological polar surface area (TPSA) is 594 Å². The van der Waals surface area contributed by atoms with Gasteiger partial charge in [0.25, 0.3) is 0 Å². The van der Waals surface area contributed by atoms with Crippen molar-refractivity contribution in [3.05, 3.63) is 146 Å². The van der Waals surface area contributed by atoms with Crippen LogP contribution in [0.4, 0.5) is 0 Å². The van der Waals surface area contributed by atoms with Crippen molar-refractivity contribution >= 4 is 45.9 Å². The number of rotatable bonds is 6. The average Bonchev–Trinajstić information content (AvgIpc) is 3.83. The van der Waals surface area contributed by atoms with Crippen molar-refractivity contribution < 1.29 is 133 Å². The quantitative estimate of drug-likeness (QED) is 0.0848. The molecule has 8 rings (SSSR count). The molecule has 0 saturated carbocycles.